The van der Waals surface area contributed by atoms with Crippen molar-refractivity contribution in [3.63, 3.8) is 0 Å². The van der Waals surface area contributed by atoms with Gasteiger partial charge in [-0.1, -0.05) is 66.7 Å². The minimum atomic E-state index is -1.21. The zero-order chi connectivity index (χ0) is 17.8. The van der Waals surface area contributed by atoms with Gasteiger partial charge in [0.1, 0.15) is 0 Å². The van der Waals surface area contributed by atoms with Gasteiger partial charge in [0.15, 0.2) is 5.60 Å². The summed E-state index contributed by atoms with van der Waals surface area (Å²) in [7, 11) is 0. The van der Waals surface area contributed by atoms with Crippen LogP contribution in [0.1, 0.15) is 35.7 Å². The highest BCUT2D eigenvalue weighted by molar-refractivity contribution is 5.38. The van der Waals surface area contributed by atoms with E-state index < -0.39 is 5.60 Å². The van der Waals surface area contributed by atoms with E-state index in [4.69, 9.17) is 0 Å². The first-order chi connectivity index (χ1) is 12.8. The summed E-state index contributed by atoms with van der Waals surface area (Å²) in [5.41, 5.74) is 1.46. The van der Waals surface area contributed by atoms with Gasteiger partial charge in [-0.3, -0.25) is 9.88 Å². The van der Waals surface area contributed by atoms with Crippen LogP contribution < -0.4 is 0 Å². The normalized spacial score (nSPS) is 18.3. The zero-order valence-electron chi connectivity index (χ0n) is 14.8. The van der Waals surface area contributed by atoms with Gasteiger partial charge in [-0.2, -0.15) is 0 Å². The SMILES string of the molecule is OC(c1ccccc1)(c1ccccn1)C(c1ccccc1)N1CCCC1. The third kappa shape index (κ3) is 3.05. The molecule has 3 aromatic rings. The molecule has 1 saturated heterocycles. The highest BCUT2D eigenvalue weighted by Crippen LogP contribution is 2.44. The topological polar surface area (TPSA) is 36.4 Å². The lowest BCUT2D eigenvalue weighted by molar-refractivity contribution is -0.0180. The van der Waals surface area contributed by atoms with Crippen LogP contribution in [0.3, 0.4) is 0 Å². The Balaban J connectivity index is 1.93. The van der Waals surface area contributed by atoms with Gasteiger partial charge in [0.2, 0.25) is 0 Å². The molecular formula is C23H24N2O. The molecular weight excluding hydrogens is 320 g/mol. The number of benzene rings is 2. The second-order valence-corrected chi connectivity index (χ2v) is 6.90. The predicted molar refractivity (Wildman–Crippen MR) is 104 cm³/mol. The summed E-state index contributed by atoms with van der Waals surface area (Å²) in [6.07, 6.45) is 4.09. The Morgan fingerprint density at radius 2 is 1.42 bits per heavy atom. The molecule has 2 heterocycles. The van der Waals surface area contributed by atoms with Crippen LogP contribution in [0.15, 0.2) is 85.1 Å². The summed E-state index contributed by atoms with van der Waals surface area (Å²) >= 11 is 0. The fourth-order valence-corrected chi connectivity index (χ4v) is 4.08. The monoisotopic (exact) mass is 344 g/mol. The molecule has 0 bridgehead atoms. The average molecular weight is 344 g/mol. The molecule has 3 nitrogen and oxygen atoms in total. The van der Waals surface area contributed by atoms with Gasteiger partial charge in [0.25, 0.3) is 0 Å². The second-order valence-electron chi connectivity index (χ2n) is 6.90. The van der Waals surface area contributed by atoms with Crippen molar-refractivity contribution in [2.75, 3.05) is 13.1 Å². The smallest absolute Gasteiger partial charge is 0.151 e. The molecule has 0 spiro atoms. The quantitative estimate of drug-likeness (QED) is 0.755. The minimum absolute atomic E-state index is 0.177. The van der Waals surface area contributed by atoms with Crippen molar-refractivity contribution in [2.45, 2.75) is 24.5 Å². The predicted octanol–water partition coefficient (Wildman–Crippen LogP) is 4.15. The van der Waals surface area contributed by atoms with Gasteiger partial charge in [-0.25, -0.2) is 0 Å². The van der Waals surface area contributed by atoms with E-state index in [9.17, 15) is 5.11 Å². The molecule has 2 atom stereocenters. The van der Waals surface area contributed by atoms with Crippen molar-refractivity contribution in [3.8, 4) is 0 Å². The van der Waals surface area contributed by atoms with Gasteiger partial charge in [-0.15, -0.1) is 0 Å². The molecule has 3 heteroatoms. The Labute approximate surface area is 155 Å². The summed E-state index contributed by atoms with van der Waals surface area (Å²) in [6.45, 7) is 1.98. The third-order valence-electron chi connectivity index (χ3n) is 5.29. The molecule has 1 fully saturated rings. The molecule has 2 aromatic carbocycles. The van der Waals surface area contributed by atoms with Crippen molar-refractivity contribution in [1.82, 2.24) is 9.88 Å². The van der Waals surface area contributed by atoms with Crippen LogP contribution in [0, 0.1) is 0 Å². The lowest BCUT2D eigenvalue weighted by Gasteiger charge is -2.41. The van der Waals surface area contributed by atoms with E-state index in [0.717, 1.165) is 37.1 Å². The summed E-state index contributed by atoms with van der Waals surface area (Å²) in [5.74, 6) is 0. The fourth-order valence-electron chi connectivity index (χ4n) is 4.08. The van der Waals surface area contributed by atoms with E-state index in [-0.39, 0.29) is 6.04 Å². The van der Waals surface area contributed by atoms with Gasteiger partial charge in [0.05, 0.1) is 11.7 Å². The number of hydrogen-bond donors (Lipinski definition) is 1. The molecule has 4 rings (SSSR count). The summed E-state index contributed by atoms with van der Waals surface area (Å²) < 4.78 is 0. The van der Waals surface area contributed by atoms with Crippen LogP contribution in [-0.4, -0.2) is 28.1 Å². The molecule has 0 aliphatic carbocycles. The van der Waals surface area contributed by atoms with Gasteiger partial charge in [-0.05, 0) is 49.2 Å². The van der Waals surface area contributed by atoms with Crippen molar-refractivity contribution in [1.29, 1.82) is 0 Å². The van der Waals surface area contributed by atoms with Gasteiger partial charge in [0, 0.05) is 6.20 Å². The van der Waals surface area contributed by atoms with Crippen LogP contribution in [-0.2, 0) is 5.60 Å². The number of aromatic nitrogens is 1. The number of hydrogen-bond acceptors (Lipinski definition) is 3. The van der Waals surface area contributed by atoms with Crippen LogP contribution >= 0.6 is 0 Å². The number of nitrogens with zero attached hydrogens (tertiary/aromatic N) is 2. The summed E-state index contributed by atoms with van der Waals surface area (Å²) in [4.78, 5) is 6.97. The van der Waals surface area contributed by atoms with E-state index >= 15 is 0 Å². The Morgan fingerprint density at radius 1 is 0.808 bits per heavy atom. The van der Waals surface area contributed by atoms with Crippen LogP contribution in [0.5, 0.6) is 0 Å². The maximum absolute atomic E-state index is 12.2. The lowest BCUT2D eigenvalue weighted by atomic mass is 9.79. The first kappa shape index (κ1) is 17.0. The number of pyridine rings is 1. The van der Waals surface area contributed by atoms with Crippen molar-refractivity contribution in [3.05, 3.63) is 102 Å². The Bertz CT molecular complexity index is 775. The Morgan fingerprint density at radius 3 is 2.04 bits per heavy atom. The second kappa shape index (κ2) is 7.40. The Hall–Kier alpha value is -2.49. The summed E-state index contributed by atoms with van der Waals surface area (Å²) in [5, 5.41) is 12.2. The molecule has 0 radical (unpaired) electrons. The third-order valence-corrected chi connectivity index (χ3v) is 5.29. The summed E-state index contributed by atoms with van der Waals surface area (Å²) in [6, 6.07) is 25.9. The Kier molecular flexibility index (Phi) is 4.83. The lowest BCUT2D eigenvalue weighted by Crippen LogP contribution is -2.44. The molecule has 26 heavy (non-hydrogen) atoms. The molecule has 2 unspecified atom stereocenters. The maximum Gasteiger partial charge on any atom is 0.151 e. The number of likely N-dealkylation sites (tertiary alicyclic amines) is 1. The van der Waals surface area contributed by atoms with Gasteiger partial charge >= 0.3 is 0 Å². The molecule has 132 valence electrons. The standard InChI is InChI=1S/C23H24N2O/c26-23(20-13-5-2-6-14-20,21-15-7-8-16-24-21)22(25-17-9-10-18-25)19-11-3-1-4-12-19/h1-8,11-16,22,26H,9-10,17-18H2. The molecule has 0 saturated carbocycles. The minimum Gasteiger partial charge on any atom is -0.377 e. The van der Waals surface area contributed by atoms with E-state index in [1.165, 1.54) is 0 Å². The maximum atomic E-state index is 12.2. The van der Waals surface area contributed by atoms with Crippen molar-refractivity contribution >= 4 is 0 Å². The molecule has 1 aromatic heterocycles. The van der Waals surface area contributed by atoms with Crippen LogP contribution in [0.4, 0.5) is 0 Å². The number of aliphatic hydroxyl groups is 1. The first-order valence-electron chi connectivity index (χ1n) is 9.28. The van der Waals surface area contributed by atoms with E-state index in [1.807, 2.05) is 66.7 Å². The van der Waals surface area contributed by atoms with Crippen LogP contribution in [0.25, 0.3) is 0 Å². The molecule has 1 N–H and O–H groups in total. The average Bonchev–Trinajstić information content (AvgIpc) is 3.24. The zero-order valence-corrected chi connectivity index (χ0v) is 14.8. The van der Waals surface area contributed by atoms with E-state index in [2.05, 4.69) is 22.0 Å². The van der Waals surface area contributed by atoms with Gasteiger partial charge < -0.3 is 5.11 Å². The van der Waals surface area contributed by atoms with Crippen LogP contribution in [0.2, 0.25) is 0 Å². The van der Waals surface area contributed by atoms with Crippen molar-refractivity contribution in [2.24, 2.45) is 0 Å². The highest BCUT2D eigenvalue weighted by Gasteiger charge is 2.45. The largest absolute Gasteiger partial charge is 0.377 e. The van der Waals surface area contributed by atoms with Crippen molar-refractivity contribution < 1.29 is 5.11 Å². The molecule has 1 aliphatic heterocycles. The molecule has 0 amide bonds. The highest BCUT2D eigenvalue weighted by atomic mass is 16.3. The fraction of sp³-hybridized carbons (Fsp3) is 0.261. The first-order valence-corrected chi connectivity index (χ1v) is 9.28. The van der Waals surface area contributed by atoms with E-state index in [1.54, 1.807) is 6.20 Å². The van der Waals surface area contributed by atoms with E-state index in [0.29, 0.717) is 5.69 Å². The number of rotatable bonds is 5. The molecule has 1 aliphatic rings.